The number of hydrogen-bond donors (Lipinski definition) is 3. The molecule has 0 bridgehead atoms. The molecular formula is C22H22ClFN6O2. The second-order valence-corrected chi connectivity index (χ2v) is 7.69. The Balaban J connectivity index is 1.57. The van der Waals surface area contributed by atoms with Crippen LogP contribution in [0.15, 0.2) is 42.5 Å². The van der Waals surface area contributed by atoms with E-state index in [-0.39, 0.29) is 16.8 Å². The Hall–Kier alpha value is -3.43. The van der Waals surface area contributed by atoms with Crippen LogP contribution in [0.1, 0.15) is 16.1 Å². The smallest absolute Gasteiger partial charge is 0.267 e. The van der Waals surface area contributed by atoms with Crippen LogP contribution in [0, 0.1) is 12.7 Å². The number of nitrogens with zero attached hydrogens (tertiary/aromatic N) is 3. The van der Waals surface area contributed by atoms with E-state index in [1.807, 2.05) is 31.2 Å². The fourth-order valence-electron chi connectivity index (χ4n) is 3.40. The normalized spacial score (nSPS) is 13.7. The van der Waals surface area contributed by atoms with Gasteiger partial charge in [-0.25, -0.2) is 14.4 Å². The highest BCUT2D eigenvalue weighted by atomic mass is 35.5. The van der Waals surface area contributed by atoms with Gasteiger partial charge >= 0.3 is 0 Å². The molecule has 3 aromatic rings. The van der Waals surface area contributed by atoms with E-state index in [1.165, 1.54) is 18.2 Å². The number of aromatic nitrogens is 2. The van der Waals surface area contributed by atoms with Crippen molar-refractivity contribution in [3.8, 4) is 0 Å². The molecule has 166 valence electrons. The number of halogens is 2. The quantitative estimate of drug-likeness (QED) is 0.481. The lowest BCUT2D eigenvalue weighted by atomic mass is 10.1. The predicted molar refractivity (Wildman–Crippen MR) is 123 cm³/mol. The third kappa shape index (κ3) is 5.24. The summed E-state index contributed by atoms with van der Waals surface area (Å²) in [5, 5.41) is 6.29. The average Bonchev–Trinajstić information content (AvgIpc) is 2.76. The summed E-state index contributed by atoms with van der Waals surface area (Å²) in [5.74, 6) is -0.692. The molecular weight excluding hydrogens is 435 g/mol. The number of carbonyl (C=O) groups is 1. The highest BCUT2D eigenvalue weighted by Crippen LogP contribution is 2.29. The van der Waals surface area contributed by atoms with Gasteiger partial charge in [-0.15, -0.1) is 0 Å². The Morgan fingerprint density at radius 3 is 2.62 bits per heavy atom. The number of ether oxygens (including phenoxy) is 1. The molecule has 1 aromatic heterocycles. The van der Waals surface area contributed by atoms with Gasteiger partial charge in [-0.2, -0.15) is 0 Å². The van der Waals surface area contributed by atoms with Crippen LogP contribution in [-0.4, -0.2) is 42.2 Å². The lowest BCUT2D eigenvalue weighted by Crippen LogP contribution is -2.36. The maximum atomic E-state index is 14.3. The van der Waals surface area contributed by atoms with E-state index in [2.05, 4.69) is 25.5 Å². The molecule has 8 nitrogen and oxygen atoms in total. The zero-order chi connectivity index (χ0) is 22.7. The standard InChI is InChI=1S/C22H22ClFN6O2/c1-13-2-3-15(11-18(13)27-20-12-19(21(25)31)28-22(23)29-20)26-16-8-14(24)9-17(10-16)30-4-6-32-7-5-30/h2-3,8-12,26H,4-7H2,1H3,(H2,25,31)(H,27,28,29). The van der Waals surface area contributed by atoms with Crippen LogP contribution in [0.4, 0.5) is 33.0 Å². The van der Waals surface area contributed by atoms with E-state index in [9.17, 15) is 9.18 Å². The first-order chi connectivity index (χ1) is 15.4. The molecule has 0 spiro atoms. The van der Waals surface area contributed by atoms with Gasteiger partial charge in [0, 0.05) is 41.9 Å². The van der Waals surface area contributed by atoms with Crippen molar-refractivity contribution in [1.82, 2.24) is 9.97 Å². The van der Waals surface area contributed by atoms with Gasteiger partial charge in [0.25, 0.3) is 5.91 Å². The predicted octanol–water partition coefficient (Wildman–Crippen LogP) is 4.00. The molecule has 10 heteroatoms. The molecule has 0 atom stereocenters. The Kier molecular flexibility index (Phi) is 6.38. The van der Waals surface area contributed by atoms with Crippen molar-refractivity contribution >= 4 is 46.1 Å². The molecule has 2 aromatic carbocycles. The van der Waals surface area contributed by atoms with Gasteiger partial charge in [-0.05, 0) is 54.4 Å². The van der Waals surface area contributed by atoms with Gasteiger partial charge in [0.1, 0.15) is 17.3 Å². The molecule has 0 unspecified atom stereocenters. The first-order valence-electron chi connectivity index (χ1n) is 10.00. The number of carbonyl (C=O) groups excluding carboxylic acids is 1. The Morgan fingerprint density at radius 1 is 1.09 bits per heavy atom. The van der Waals surface area contributed by atoms with Crippen LogP contribution in [0.2, 0.25) is 5.28 Å². The number of hydrogen-bond acceptors (Lipinski definition) is 7. The second-order valence-electron chi connectivity index (χ2n) is 7.35. The van der Waals surface area contributed by atoms with Gasteiger partial charge in [0.05, 0.1) is 13.2 Å². The summed E-state index contributed by atoms with van der Waals surface area (Å²) in [7, 11) is 0. The number of morpholine rings is 1. The van der Waals surface area contributed by atoms with E-state index < -0.39 is 5.91 Å². The second kappa shape index (κ2) is 9.37. The SMILES string of the molecule is Cc1ccc(Nc2cc(F)cc(N3CCOCC3)c2)cc1Nc1cc(C(N)=O)nc(Cl)n1. The molecule has 1 fully saturated rings. The topological polar surface area (TPSA) is 105 Å². The Bertz CT molecular complexity index is 1150. The summed E-state index contributed by atoms with van der Waals surface area (Å²) in [6.07, 6.45) is 0. The Labute approximate surface area is 189 Å². The molecule has 1 amide bonds. The third-order valence-electron chi connectivity index (χ3n) is 5.00. The van der Waals surface area contributed by atoms with Crippen molar-refractivity contribution < 1.29 is 13.9 Å². The average molecular weight is 457 g/mol. The molecule has 1 aliphatic rings. The number of amides is 1. The molecule has 0 saturated carbocycles. The first-order valence-corrected chi connectivity index (χ1v) is 10.4. The highest BCUT2D eigenvalue weighted by molar-refractivity contribution is 6.28. The maximum Gasteiger partial charge on any atom is 0.267 e. The van der Waals surface area contributed by atoms with Crippen LogP contribution < -0.4 is 21.3 Å². The number of anilines is 5. The van der Waals surface area contributed by atoms with Crippen LogP contribution in [0.3, 0.4) is 0 Å². The van der Waals surface area contributed by atoms with Gasteiger partial charge in [0.15, 0.2) is 0 Å². The monoisotopic (exact) mass is 456 g/mol. The van der Waals surface area contributed by atoms with Crippen molar-refractivity contribution in [2.24, 2.45) is 5.73 Å². The molecule has 4 N–H and O–H groups in total. The fourth-order valence-corrected chi connectivity index (χ4v) is 3.58. The molecule has 1 saturated heterocycles. The summed E-state index contributed by atoms with van der Waals surface area (Å²) >= 11 is 5.90. The van der Waals surface area contributed by atoms with Gasteiger partial charge in [-0.3, -0.25) is 4.79 Å². The lowest BCUT2D eigenvalue weighted by Gasteiger charge is -2.29. The summed E-state index contributed by atoms with van der Waals surface area (Å²) in [5.41, 5.74) is 9.13. The van der Waals surface area contributed by atoms with Crippen molar-refractivity contribution in [2.45, 2.75) is 6.92 Å². The van der Waals surface area contributed by atoms with Crippen molar-refractivity contribution in [3.63, 3.8) is 0 Å². The van der Waals surface area contributed by atoms with Crippen molar-refractivity contribution in [3.05, 3.63) is 64.8 Å². The maximum absolute atomic E-state index is 14.3. The van der Waals surface area contributed by atoms with Gasteiger partial charge in [-0.1, -0.05) is 6.07 Å². The number of primary amides is 1. The summed E-state index contributed by atoms with van der Waals surface area (Å²) in [6, 6.07) is 12.0. The third-order valence-corrected chi connectivity index (χ3v) is 5.17. The molecule has 0 radical (unpaired) electrons. The van der Waals surface area contributed by atoms with Crippen LogP contribution >= 0.6 is 11.6 Å². The Morgan fingerprint density at radius 2 is 1.88 bits per heavy atom. The molecule has 0 aliphatic carbocycles. The van der Waals surface area contributed by atoms with Crippen LogP contribution in [-0.2, 0) is 4.74 Å². The van der Waals surface area contributed by atoms with E-state index in [4.69, 9.17) is 22.1 Å². The lowest BCUT2D eigenvalue weighted by molar-refractivity contribution is 0.0995. The van der Waals surface area contributed by atoms with E-state index >= 15 is 0 Å². The minimum Gasteiger partial charge on any atom is -0.378 e. The number of rotatable bonds is 6. The number of benzene rings is 2. The fraction of sp³-hybridized carbons (Fsp3) is 0.227. The number of nitrogens with two attached hydrogens (primary N) is 1. The zero-order valence-electron chi connectivity index (χ0n) is 17.4. The minimum atomic E-state index is -0.702. The van der Waals surface area contributed by atoms with E-state index in [0.29, 0.717) is 24.7 Å². The van der Waals surface area contributed by atoms with E-state index in [0.717, 1.165) is 35.7 Å². The number of nitrogens with one attached hydrogen (secondary N) is 2. The molecule has 2 heterocycles. The molecule has 4 rings (SSSR count). The summed E-state index contributed by atoms with van der Waals surface area (Å²) in [4.78, 5) is 21.4. The molecule has 1 aliphatic heterocycles. The van der Waals surface area contributed by atoms with E-state index in [1.54, 1.807) is 0 Å². The van der Waals surface area contributed by atoms with Crippen LogP contribution in [0.5, 0.6) is 0 Å². The summed E-state index contributed by atoms with van der Waals surface area (Å²) in [6.45, 7) is 4.60. The first kappa shape index (κ1) is 21.8. The number of aryl methyl sites for hydroxylation is 1. The minimum absolute atomic E-state index is 0.00911. The van der Waals surface area contributed by atoms with Crippen LogP contribution in [0.25, 0.3) is 0 Å². The zero-order valence-corrected chi connectivity index (χ0v) is 18.1. The van der Waals surface area contributed by atoms with Gasteiger partial charge in [0.2, 0.25) is 5.28 Å². The van der Waals surface area contributed by atoms with Gasteiger partial charge < -0.3 is 26.0 Å². The van der Waals surface area contributed by atoms with Crippen molar-refractivity contribution in [2.75, 3.05) is 41.8 Å². The molecule has 32 heavy (non-hydrogen) atoms. The largest absolute Gasteiger partial charge is 0.378 e. The highest BCUT2D eigenvalue weighted by Gasteiger charge is 2.14. The van der Waals surface area contributed by atoms with Crippen molar-refractivity contribution in [1.29, 1.82) is 0 Å². The summed E-state index contributed by atoms with van der Waals surface area (Å²) < 4.78 is 19.7.